The molecule has 0 spiro atoms. The molecule has 0 saturated heterocycles. The van der Waals surface area contributed by atoms with Crippen molar-refractivity contribution in [2.45, 2.75) is 0 Å². The zero-order valence-electron chi connectivity index (χ0n) is 2.62. The molecule has 0 N–H and O–H groups in total. The second-order valence-electron chi connectivity index (χ2n) is 0. The van der Waals surface area contributed by atoms with Crippen molar-refractivity contribution in [3.05, 3.63) is 0 Å². The molecule has 4 heteroatoms. The third-order valence-electron chi connectivity index (χ3n) is 0. The van der Waals surface area contributed by atoms with Crippen LogP contribution < -0.4 is 0 Å². The molecule has 0 atom stereocenters. The van der Waals surface area contributed by atoms with E-state index >= 15 is 0 Å². The van der Waals surface area contributed by atoms with Crippen LogP contribution in [-0.4, -0.2) is 63.9 Å². The summed E-state index contributed by atoms with van der Waals surface area (Å²) in [5, 5.41) is 0. The number of rotatable bonds is 0. The van der Waals surface area contributed by atoms with E-state index in [0.29, 0.717) is 0 Å². The monoisotopic (exact) mass is 283 g/mol. The second-order valence-corrected chi connectivity index (χ2v) is 0. The average molecular weight is 283 g/mol. The molecular formula is H3LiSSbSn. The first-order chi connectivity index (χ1) is 1.00. The van der Waals surface area contributed by atoms with Crippen molar-refractivity contribution in [1.82, 2.24) is 0 Å². The van der Waals surface area contributed by atoms with E-state index in [1.165, 1.54) is 0 Å². The molecule has 3 radical (unpaired) electrons. The van der Waals surface area contributed by atoms with E-state index in [1.807, 2.05) is 0 Å². The average Bonchev–Trinajstić information content (AvgIpc) is 1.00. The molecule has 0 heterocycles. The first-order valence-corrected chi connectivity index (χ1v) is 4.11. The first kappa shape index (κ1) is 16.1. The van der Waals surface area contributed by atoms with Crippen LogP contribution in [0.25, 0.3) is 0 Å². The summed E-state index contributed by atoms with van der Waals surface area (Å²) in [6, 6.07) is 0. The normalized spacial score (nSPS) is 1.00. The predicted octanol–water partition coefficient (Wildman–Crippen LogP) is -1.30. The van der Waals surface area contributed by atoms with Crippen molar-refractivity contribution >= 4 is 73.2 Å². The van der Waals surface area contributed by atoms with E-state index < -0.39 is 0 Å². The molecule has 0 bridgehead atoms. The second kappa shape index (κ2) is 18.0. The van der Waals surface area contributed by atoms with E-state index in [0.717, 1.165) is 20.6 Å². The molecule has 19 valence electrons. The summed E-state index contributed by atoms with van der Waals surface area (Å²) >= 11 is 1.13. The topological polar surface area (TPSA) is 0 Å². The standard InChI is InChI=1S/Li.S.Sb.Sn.3H. The maximum atomic E-state index is 4.17. The van der Waals surface area contributed by atoms with Crippen LogP contribution in [0.1, 0.15) is 0 Å². The Bertz CT molecular complexity index is 8.00. The molecule has 0 fully saturated rings. The van der Waals surface area contributed by atoms with Crippen LogP contribution in [0.4, 0.5) is 0 Å². The van der Waals surface area contributed by atoms with Gasteiger partial charge >= 0.3 is 54.3 Å². The SMILES string of the molecule is [Li].[S]=[Sn].[SbH3]. The Morgan fingerprint density at radius 2 is 1.25 bits per heavy atom. The summed E-state index contributed by atoms with van der Waals surface area (Å²) in [4.78, 5) is 0. The molecule has 0 nitrogen and oxygen atoms in total. The van der Waals surface area contributed by atoms with Gasteiger partial charge in [-0.15, -0.1) is 0 Å². The van der Waals surface area contributed by atoms with E-state index in [4.69, 9.17) is 0 Å². The van der Waals surface area contributed by atoms with Gasteiger partial charge in [-0.05, 0) is 0 Å². The van der Waals surface area contributed by atoms with Gasteiger partial charge in [0.25, 0.3) is 0 Å². The van der Waals surface area contributed by atoms with Crippen molar-refractivity contribution < 1.29 is 0 Å². The first-order valence-electron chi connectivity index (χ1n) is 0.204. The van der Waals surface area contributed by atoms with Crippen LogP contribution in [0.3, 0.4) is 0 Å². The van der Waals surface area contributed by atoms with Gasteiger partial charge in [0.15, 0.2) is 0 Å². The van der Waals surface area contributed by atoms with E-state index in [2.05, 4.69) is 9.29 Å². The summed E-state index contributed by atoms with van der Waals surface area (Å²) in [7, 11) is 4.17. The Morgan fingerprint density at radius 3 is 1.25 bits per heavy atom. The van der Waals surface area contributed by atoms with E-state index in [-0.39, 0.29) is 43.3 Å². The van der Waals surface area contributed by atoms with E-state index in [1.54, 1.807) is 0 Å². The molecule has 0 saturated carbocycles. The van der Waals surface area contributed by atoms with Gasteiger partial charge < -0.3 is 0 Å². The summed E-state index contributed by atoms with van der Waals surface area (Å²) in [5.41, 5.74) is 0. The van der Waals surface area contributed by atoms with Crippen molar-refractivity contribution in [2.75, 3.05) is 0 Å². The molecule has 0 unspecified atom stereocenters. The Morgan fingerprint density at radius 1 is 1.25 bits per heavy atom. The van der Waals surface area contributed by atoms with Crippen molar-refractivity contribution in [3.8, 4) is 0 Å². The van der Waals surface area contributed by atoms with Gasteiger partial charge in [0, 0.05) is 18.9 Å². The van der Waals surface area contributed by atoms with Crippen molar-refractivity contribution in [1.29, 1.82) is 0 Å². The molecule has 0 aromatic rings. The predicted molar refractivity (Wildman–Crippen MR) is 29.0 cm³/mol. The zero-order valence-corrected chi connectivity index (χ0v) is 10.3. The van der Waals surface area contributed by atoms with Crippen molar-refractivity contribution in [3.63, 3.8) is 0 Å². The number of hydrogen-bond donors (Lipinski definition) is 0. The molecule has 0 aliphatic rings. The maximum absolute atomic E-state index is 4.17. The van der Waals surface area contributed by atoms with Crippen LogP contribution in [-0.2, 0) is 0 Å². The van der Waals surface area contributed by atoms with E-state index in [9.17, 15) is 0 Å². The van der Waals surface area contributed by atoms with Gasteiger partial charge in [-0.2, -0.15) is 0 Å². The summed E-state index contributed by atoms with van der Waals surface area (Å²) in [5.74, 6) is 0. The minimum atomic E-state index is 0. The summed E-state index contributed by atoms with van der Waals surface area (Å²) in [6.07, 6.45) is 0. The summed E-state index contributed by atoms with van der Waals surface area (Å²) < 4.78 is 0. The van der Waals surface area contributed by atoms with Crippen LogP contribution >= 0.6 is 9.29 Å². The van der Waals surface area contributed by atoms with Gasteiger partial charge in [-0.3, -0.25) is 0 Å². The molecule has 0 rings (SSSR count). The van der Waals surface area contributed by atoms with Crippen LogP contribution in [0.15, 0.2) is 0 Å². The minimum absolute atomic E-state index is 0. The fourth-order valence-electron chi connectivity index (χ4n) is 0. The molecule has 0 aliphatic heterocycles. The van der Waals surface area contributed by atoms with Crippen LogP contribution in [0.5, 0.6) is 0 Å². The molecule has 0 aliphatic carbocycles. The third-order valence-corrected chi connectivity index (χ3v) is 0. The molecule has 0 aromatic heterocycles. The van der Waals surface area contributed by atoms with Gasteiger partial charge in [0.05, 0.1) is 0 Å². The van der Waals surface area contributed by atoms with Gasteiger partial charge in [0.1, 0.15) is 0 Å². The molecular weight excluding hydrogens is 279 g/mol. The Labute approximate surface area is 72.0 Å². The number of hydrogen-bond acceptors (Lipinski definition) is 1. The molecule has 0 aromatic carbocycles. The van der Waals surface area contributed by atoms with Crippen molar-refractivity contribution in [2.24, 2.45) is 0 Å². The fourth-order valence-corrected chi connectivity index (χ4v) is 0. The van der Waals surface area contributed by atoms with Crippen LogP contribution in [0, 0.1) is 0 Å². The van der Waals surface area contributed by atoms with Crippen LogP contribution in [0.2, 0.25) is 0 Å². The van der Waals surface area contributed by atoms with Gasteiger partial charge in [-0.1, -0.05) is 0 Å². The zero-order chi connectivity index (χ0) is 2.00. The summed E-state index contributed by atoms with van der Waals surface area (Å²) in [6.45, 7) is 0. The van der Waals surface area contributed by atoms with Gasteiger partial charge in [-0.25, -0.2) is 0 Å². The fraction of sp³-hybridized carbons (Fsp3) is 0. The Hall–Kier alpha value is 2.43. The molecule has 0 amide bonds. The quantitative estimate of drug-likeness (QED) is 0.498. The molecule has 4 heavy (non-hydrogen) atoms. The Balaban J connectivity index is -0.00000000500. The third kappa shape index (κ3) is 8.83. The Kier molecular flexibility index (Phi) is 72.6. The van der Waals surface area contributed by atoms with Gasteiger partial charge in [0.2, 0.25) is 0 Å².